The lowest BCUT2D eigenvalue weighted by molar-refractivity contribution is -0.129. The summed E-state index contributed by atoms with van der Waals surface area (Å²) in [6.07, 6.45) is 6.35. The molecule has 1 aliphatic heterocycles. The highest BCUT2D eigenvalue weighted by atomic mass is 16.5. The summed E-state index contributed by atoms with van der Waals surface area (Å²) in [4.78, 5) is 19.2. The van der Waals surface area contributed by atoms with Crippen molar-refractivity contribution in [3.8, 4) is 0 Å². The quantitative estimate of drug-likeness (QED) is 0.627. The number of rotatable bonds is 8. The molecule has 0 unspecified atom stereocenters. The first kappa shape index (κ1) is 19.6. The molecule has 1 N–H and O–H groups in total. The summed E-state index contributed by atoms with van der Waals surface area (Å²) in [7, 11) is 3.60. The van der Waals surface area contributed by atoms with Crippen LogP contribution in [0.4, 0.5) is 0 Å². The summed E-state index contributed by atoms with van der Waals surface area (Å²) in [5.41, 5.74) is 4.26. The summed E-state index contributed by atoms with van der Waals surface area (Å²) in [6, 6.07) is 6.00. The number of hydrogen-bond donors (Lipinski definition) is 1. The van der Waals surface area contributed by atoms with E-state index in [0.717, 1.165) is 29.1 Å². The average Bonchev–Trinajstić information content (AvgIpc) is 3.37. The minimum Gasteiger partial charge on any atom is -0.383 e. The van der Waals surface area contributed by atoms with Crippen LogP contribution in [0.1, 0.15) is 29.4 Å². The van der Waals surface area contributed by atoms with Crippen molar-refractivity contribution in [3.63, 3.8) is 0 Å². The SMILES string of the molecule is COCCN1C(=O)C[C@@H](CNCc2cnc3ccccn23)[C@@H]1c1cnn(C)c1C. The molecule has 3 aromatic heterocycles. The van der Waals surface area contributed by atoms with Crippen molar-refractivity contribution in [2.45, 2.75) is 25.9 Å². The molecule has 0 radical (unpaired) electrons. The Morgan fingerprint density at radius 2 is 2.17 bits per heavy atom. The third kappa shape index (κ3) is 3.77. The number of methoxy groups -OCH3 is 1. The molecule has 0 saturated carbocycles. The fraction of sp³-hybridized carbons (Fsp3) is 0.476. The van der Waals surface area contributed by atoms with Gasteiger partial charge in [0, 0.05) is 63.6 Å². The Labute approximate surface area is 170 Å². The highest BCUT2D eigenvalue weighted by molar-refractivity contribution is 5.79. The van der Waals surface area contributed by atoms with E-state index >= 15 is 0 Å². The molecule has 29 heavy (non-hydrogen) atoms. The second kappa shape index (κ2) is 8.34. The van der Waals surface area contributed by atoms with Gasteiger partial charge in [-0.2, -0.15) is 5.10 Å². The van der Waals surface area contributed by atoms with Gasteiger partial charge in [0.15, 0.2) is 0 Å². The van der Waals surface area contributed by atoms with Crippen molar-refractivity contribution in [2.75, 3.05) is 26.8 Å². The zero-order chi connectivity index (χ0) is 20.4. The van der Waals surface area contributed by atoms with E-state index in [-0.39, 0.29) is 17.9 Å². The third-order valence-electron chi connectivity index (χ3n) is 5.87. The number of pyridine rings is 1. The number of amides is 1. The Balaban J connectivity index is 1.50. The predicted molar refractivity (Wildman–Crippen MR) is 109 cm³/mol. The van der Waals surface area contributed by atoms with Crippen LogP contribution in [-0.4, -0.2) is 56.8 Å². The molecule has 0 bridgehead atoms. The normalized spacial score (nSPS) is 19.6. The number of nitrogens with zero attached hydrogens (tertiary/aromatic N) is 5. The predicted octanol–water partition coefficient (Wildman–Crippen LogP) is 1.70. The molecular weight excluding hydrogens is 368 g/mol. The van der Waals surface area contributed by atoms with Crippen LogP contribution in [0.3, 0.4) is 0 Å². The minimum absolute atomic E-state index is 0.0148. The largest absolute Gasteiger partial charge is 0.383 e. The van der Waals surface area contributed by atoms with Crippen LogP contribution in [0.25, 0.3) is 5.65 Å². The summed E-state index contributed by atoms with van der Waals surface area (Å²) in [5, 5.41) is 7.95. The van der Waals surface area contributed by atoms with E-state index < -0.39 is 0 Å². The molecule has 4 rings (SSSR count). The lowest BCUT2D eigenvalue weighted by Gasteiger charge is -2.28. The van der Waals surface area contributed by atoms with Gasteiger partial charge in [0.2, 0.25) is 5.91 Å². The molecule has 2 atom stereocenters. The number of likely N-dealkylation sites (tertiary alicyclic amines) is 1. The maximum Gasteiger partial charge on any atom is 0.223 e. The average molecular weight is 396 g/mol. The standard InChI is InChI=1S/C21H28N6O2/c1-15-18(14-24-25(15)2)21-16(10-20(28)27(21)8-9-29-3)11-22-12-17-13-23-19-6-4-5-7-26(17)19/h4-7,13-14,16,21-22H,8-12H2,1-3H3/t16-,21+/m0/s1. The van der Waals surface area contributed by atoms with Crippen LogP contribution in [0.5, 0.6) is 0 Å². The van der Waals surface area contributed by atoms with Crippen LogP contribution in [0.2, 0.25) is 0 Å². The summed E-state index contributed by atoms with van der Waals surface area (Å²) in [5.74, 6) is 0.360. The molecule has 3 aromatic rings. The molecular formula is C21H28N6O2. The molecule has 1 aliphatic rings. The van der Waals surface area contributed by atoms with Gasteiger partial charge in [0.25, 0.3) is 0 Å². The van der Waals surface area contributed by atoms with Gasteiger partial charge in [0.1, 0.15) is 5.65 Å². The number of aryl methyl sites for hydroxylation is 1. The van der Waals surface area contributed by atoms with Crippen molar-refractivity contribution in [2.24, 2.45) is 13.0 Å². The first-order valence-corrected chi connectivity index (χ1v) is 9.98. The second-order valence-corrected chi connectivity index (χ2v) is 7.61. The van der Waals surface area contributed by atoms with Gasteiger partial charge < -0.3 is 19.4 Å². The molecule has 1 saturated heterocycles. The molecule has 8 heteroatoms. The highest BCUT2D eigenvalue weighted by Gasteiger charge is 2.41. The maximum absolute atomic E-state index is 12.8. The second-order valence-electron chi connectivity index (χ2n) is 7.61. The van der Waals surface area contributed by atoms with E-state index in [1.165, 1.54) is 0 Å². The number of carbonyl (C=O) groups is 1. The molecule has 0 aliphatic carbocycles. The molecule has 1 amide bonds. The summed E-state index contributed by atoms with van der Waals surface area (Å²) in [6.45, 7) is 4.63. The van der Waals surface area contributed by atoms with E-state index in [1.807, 2.05) is 53.4 Å². The Morgan fingerprint density at radius 3 is 2.93 bits per heavy atom. The fourth-order valence-corrected chi connectivity index (χ4v) is 4.23. The molecule has 0 spiro atoms. The Morgan fingerprint density at radius 1 is 1.31 bits per heavy atom. The van der Waals surface area contributed by atoms with Crippen molar-refractivity contribution in [3.05, 3.63) is 53.7 Å². The van der Waals surface area contributed by atoms with Gasteiger partial charge in [-0.3, -0.25) is 9.48 Å². The Hall–Kier alpha value is -2.71. The third-order valence-corrected chi connectivity index (χ3v) is 5.87. The van der Waals surface area contributed by atoms with Crippen LogP contribution in [0, 0.1) is 12.8 Å². The lowest BCUT2D eigenvalue weighted by atomic mass is 9.94. The zero-order valence-electron chi connectivity index (χ0n) is 17.2. The fourth-order valence-electron chi connectivity index (χ4n) is 4.23. The van der Waals surface area contributed by atoms with Gasteiger partial charge in [-0.05, 0) is 19.1 Å². The molecule has 8 nitrogen and oxygen atoms in total. The topological polar surface area (TPSA) is 76.7 Å². The van der Waals surface area contributed by atoms with E-state index in [0.29, 0.717) is 26.1 Å². The number of aromatic nitrogens is 4. The number of hydrogen-bond acceptors (Lipinski definition) is 5. The van der Waals surface area contributed by atoms with Gasteiger partial charge in [-0.1, -0.05) is 6.07 Å². The number of ether oxygens (including phenoxy) is 1. The number of nitrogens with one attached hydrogen (secondary N) is 1. The number of imidazole rings is 1. The summed E-state index contributed by atoms with van der Waals surface area (Å²) < 4.78 is 9.19. The van der Waals surface area contributed by atoms with Crippen LogP contribution < -0.4 is 5.32 Å². The first-order chi connectivity index (χ1) is 14.1. The maximum atomic E-state index is 12.8. The summed E-state index contributed by atoms with van der Waals surface area (Å²) >= 11 is 0. The van der Waals surface area contributed by atoms with E-state index in [9.17, 15) is 4.79 Å². The van der Waals surface area contributed by atoms with Crippen molar-refractivity contribution in [1.29, 1.82) is 0 Å². The van der Waals surface area contributed by atoms with Gasteiger partial charge in [0.05, 0.1) is 30.7 Å². The molecule has 154 valence electrons. The molecule has 1 fully saturated rings. The van der Waals surface area contributed by atoms with Crippen LogP contribution in [-0.2, 0) is 23.1 Å². The van der Waals surface area contributed by atoms with Gasteiger partial charge in [-0.15, -0.1) is 0 Å². The lowest BCUT2D eigenvalue weighted by Crippen LogP contribution is -2.34. The van der Waals surface area contributed by atoms with E-state index in [1.54, 1.807) is 7.11 Å². The van der Waals surface area contributed by atoms with Crippen LogP contribution in [0.15, 0.2) is 36.8 Å². The molecule has 0 aromatic carbocycles. The van der Waals surface area contributed by atoms with E-state index in [2.05, 4.69) is 26.7 Å². The highest BCUT2D eigenvalue weighted by Crippen LogP contribution is 2.38. The van der Waals surface area contributed by atoms with Crippen molar-refractivity contribution in [1.82, 2.24) is 29.4 Å². The minimum atomic E-state index is 0.0148. The Kier molecular flexibility index (Phi) is 5.64. The van der Waals surface area contributed by atoms with Crippen LogP contribution >= 0.6 is 0 Å². The van der Waals surface area contributed by atoms with E-state index in [4.69, 9.17) is 4.74 Å². The van der Waals surface area contributed by atoms with Crippen molar-refractivity contribution < 1.29 is 9.53 Å². The Bertz CT molecular complexity index is 994. The molecule has 4 heterocycles. The zero-order valence-corrected chi connectivity index (χ0v) is 17.2. The van der Waals surface area contributed by atoms with Gasteiger partial charge in [-0.25, -0.2) is 4.98 Å². The number of carbonyl (C=O) groups excluding carboxylic acids is 1. The smallest absolute Gasteiger partial charge is 0.223 e. The van der Waals surface area contributed by atoms with Gasteiger partial charge >= 0.3 is 0 Å². The monoisotopic (exact) mass is 396 g/mol. The first-order valence-electron chi connectivity index (χ1n) is 9.98. The van der Waals surface area contributed by atoms with Crippen molar-refractivity contribution >= 4 is 11.6 Å². The number of fused-ring (bicyclic) bond motifs is 1.